The molecule has 0 aliphatic carbocycles. The van der Waals surface area contributed by atoms with E-state index in [1.54, 1.807) is 0 Å². The van der Waals surface area contributed by atoms with Crippen LogP contribution in [0, 0.1) is 46.8 Å². The van der Waals surface area contributed by atoms with Crippen molar-refractivity contribution in [2.45, 2.75) is 115 Å². The van der Waals surface area contributed by atoms with Gasteiger partial charge in [-0.15, -0.1) is 92.5 Å². The van der Waals surface area contributed by atoms with Gasteiger partial charge in [0, 0.05) is 94.7 Å². The van der Waals surface area contributed by atoms with Crippen molar-refractivity contribution in [3.05, 3.63) is 202 Å². The fraction of sp³-hybridized carbons (Fsp3) is 0.254. The van der Waals surface area contributed by atoms with Crippen LogP contribution in [-0.4, -0.2) is 31.7 Å². The molecule has 0 fully saturated rings. The second kappa shape index (κ2) is 27.6. The maximum Gasteiger partial charge on any atom is 0.155 e. The molecule has 0 amide bonds. The number of aliphatic hydroxyl groups excluding tert-OH is 2. The second-order valence-electron chi connectivity index (χ2n) is 21.3. The number of carbonyl (C=O) groups is 2. The zero-order valence-electron chi connectivity index (χ0n) is 46.9. The Morgan fingerprint density at radius 1 is 0.532 bits per heavy atom. The molecule has 9 rings (SSSR count). The van der Waals surface area contributed by atoms with Gasteiger partial charge in [-0.2, -0.15) is 0 Å². The van der Waals surface area contributed by atoms with E-state index in [-0.39, 0.29) is 74.1 Å². The van der Waals surface area contributed by atoms with Crippen LogP contribution in [0.5, 0.6) is 0 Å². The average Bonchev–Trinajstić information content (AvgIpc) is 3.91. The van der Waals surface area contributed by atoms with Crippen LogP contribution >= 0.6 is 22.7 Å². The first-order valence-electron chi connectivity index (χ1n) is 25.1. The van der Waals surface area contributed by atoms with Gasteiger partial charge in [0.15, 0.2) is 11.6 Å². The van der Waals surface area contributed by atoms with E-state index in [0.29, 0.717) is 0 Å². The Morgan fingerprint density at radius 3 is 1.45 bits per heavy atom. The molecule has 0 saturated carbocycles. The molecule has 9 aromatic rings. The number of aromatic nitrogens is 2. The number of rotatable bonds is 7. The quantitative estimate of drug-likeness (QED) is 0.0937. The normalized spacial score (nSPS) is 11.5. The Morgan fingerprint density at radius 2 is 1.00 bits per heavy atom. The molecule has 0 aliphatic heterocycles. The number of benzene rings is 5. The number of thiophene rings is 2. The van der Waals surface area contributed by atoms with Crippen molar-refractivity contribution in [2.75, 3.05) is 0 Å². The number of aliphatic hydroxyl groups is 2. The number of hydrogen-bond donors (Lipinski definition) is 2. The summed E-state index contributed by atoms with van der Waals surface area (Å²) in [4.78, 5) is 32.2. The molecule has 0 bridgehead atoms. The minimum atomic E-state index is -0.125. The molecule has 404 valence electrons. The van der Waals surface area contributed by atoms with Gasteiger partial charge in [0.25, 0.3) is 0 Å². The predicted octanol–water partition coefficient (Wildman–Crippen LogP) is 18.7. The van der Waals surface area contributed by atoms with Gasteiger partial charge in [-0.3, -0.25) is 9.59 Å². The summed E-state index contributed by atoms with van der Waals surface area (Å²) in [6, 6.07) is 48.7. The number of fused-ring (bicyclic) bond motifs is 2. The molecular formula is C67H70Ir2N2O4S2-2. The molecule has 0 unspecified atom stereocenters. The summed E-state index contributed by atoms with van der Waals surface area (Å²) in [6.07, 6.45) is 6.36. The first kappa shape index (κ1) is 63.6. The minimum Gasteiger partial charge on any atom is -0.512 e. The van der Waals surface area contributed by atoms with Gasteiger partial charge in [-0.05, 0) is 116 Å². The van der Waals surface area contributed by atoms with Crippen molar-refractivity contribution in [3.8, 4) is 54.5 Å². The first-order valence-corrected chi connectivity index (χ1v) is 26.8. The molecule has 2 radical (unpaired) electrons. The van der Waals surface area contributed by atoms with Gasteiger partial charge < -0.3 is 20.2 Å². The molecule has 4 aromatic heterocycles. The monoisotopic (exact) mass is 1420 g/mol. The van der Waals surface area contributed by atoms with Crippen LogP contribution in [0.3, 0.4) is 0 Å². The molecule has 4 heterocycles. The van der Waals surface area contributed by atoms with Crippen molar-refractivity contribution >= 4 is 54.4 Å². The molecular weight excluding hydrogens is 1350 g/mol. The summed E-state index contributed by atoms with van der Waals surface area (Å²) in [5.74, 6) is -0.125. The first-order chi connectivity index (χ1) is 35.3. The third-order valence-corrected chi connectivity index (χ3v) is 14.8. The van der Waals surface area contributed by atoms with Gasteiger partial charge in [-0.25, -0.2) is 0 Å². The molecule has 0 atom stereocenters. The van der Waals surface area contributed by atoms with Crippen LogP contribution in [0.25, 0.3) is 74.7 Å². The van der Waals surface area contributed by atoms with E-state index in [9.17, 15) is 9.59 Å². The third kappa shape index (κ3) is 17.5. The van der Waals surface area contributed by atoms with Crippen LogP contribution < -0.4 is 0 Å². The summed E-state index contributed by atoms with van der Waals surface area (Å²) in [5.41, 5.74) is 18.4. The molecule has 0 saturated heterocycles. The SMILES string of the molecule is CC(=O)C=C(C)O.CC(=O)C=C(C)O.Cc1[c-]c(-c2cc3sc(-c4ccc(-c5c(C)cccc5C)cc4)cc3cn2)cc(C(C)(C)C)c1.Cc1[c-]c(-c2cc3sc(-c4ccccc4)c(C)c3cn2)cc(C(C)(C)C)c1.[Ir].[Ir]. The maximum atomic E-state index is 10.0. The number of hydrogen-bond acceptors (Lipinski definition) is 8. The van der Waals surface area contributed by atoms with Gasteiger partial charge in [-0.1, -0.05) is 140 Å². The smallest absolute Gasteiger partial charge is 0.155 e. The molecule has 0 spiro atoms. The number of carbonyl (C=O) groups excluding carboxylic acids is 2. The second-order valence-corrected chi connectivity index (χ2v) is 23.4. The zero-order valence-corrected chi connectivity index (χ0v) is 53.3. The Balaban J connectivity index is 0.000000265. The number of allylic oxidation sites excluding steroid dienone is 4. The van der Waals surface area contributed by atoms with E-state index in [4.69, 9.17) is 20.2 Å². The summed E-state index contributed by atoms with van der Waals surface area (Å²) >= 11 is 3.67. The topological polar surface area (TPSA) is 100 Å². The van der Waals surface area contributed by atoms with Gasteiger partial charge >= 0.3 is 0 Å². The van der Waals surface area contributed by atoms with Gasteiger partial charge in [0.2, 0.25) is 0 Å². The van der Waals surface area contributed by atoms with Crippen LogP contribution in [0.1, 0.15) is 108 Å². The minimum absolute atomic E-state index is 0. The van der Waals surface area contributed by atoms with Crippen molar-refractivity contribution in [1.29, 1.82) is 0 Å². The van der Waals surface area contributed by atoms with Crippen LogP contribution in [0.4, 0.5) is 0 Å². The predicted molar refractivity (Wildman–Crippen MR) is 319 cm³/mol. The van der Waals surface area contributed by atoms with E-state index >= 15 is 0 Å². The fourth-order valence-corrected chi connectivity index (χ4v) is 10.9. The van der Waals surface area contributed by atoms with Gasteiger partial charge in [0.1, 0.15) is 0 Å². The van der Waals surface area contributed by atoms with Crippen LogP contribution in [0.15, 0.2) is 151 Å². The summed E-state index contributed by atoms with van der Waals surface area (Å²) in [5, 5.41) is 19.2. The summed E-state index contributed by atoms with van der Waals surface area (Å²) < 4.78 is 2.54. The molecule has 6 nitrogen and oxygen atoms in total. The van der Waals surface area contributed by atoms with E-state index in [2.05, 4.69) is 204 Å². The standard InChI is InChI=1S/C32H30NS.C25H24NS.2C5H8O2.2Ir/c1-20-14-25(16-27(15-20)32(4,5)6)28-18-30-26(19-33-28)17-29(34-30)23-10-12-24(13-11-23)31-21(2)8-7-9-22(31)3;1-16-11-19(13-20(12-16)25(3,4)5)22-14-23-21(15-26-22)17(2)24(27-23)18-9-7-6-8-10-18;2*1-4(6)3-5(2)7;;/h7-13,15-19H,1-6H3;6-10,12-15H,1-5H3;2*3,6H,1-2H3;;/q2*-1;;;;. The Hall–Kier alpha value is -5.96. The number of pyridine rings is 2. The molecule has 2 N–H and O–H groups in total. The van der Waals surface area contributed by atoms with Crippen LogP contribution in [0.2, 0.25) is 0 Å². The molecule has 77 heavy (non-hydrogen) atoms. The molecule has 0 aliphatic rings. The fourth-order valence-electron chi connectivity index (χ4n) is 8.58. The van der Waals surface area contributed by atoms with E-state index in [0.717, 1.165) is 33.6 Å². The Bertz CT molecular complexity index is 3500. The van der Waals surface area contributed by atoms with E-state index < -0.39 is 0 Å². The summed E-state index contributed by atoms with van der Waals surface area (Å²) in [6.45, 7) is 30.0. The summed E-state index contributed by atoms with van der Waals surface area (Å²) in [7, 11) is 0. The van der Waals surface area contributed by atoms with Crippen molar-refractivity contribution < 1.29 is 60.0 Å². The van der Waals surface area contributed by atoms with Crippen molar-refractivity contribution in [2.24, 2.45) is 0 Å². The Kier molecular flexibility index (Phi) is 22.8. The third-order valence-electron chi connectivity index (χ3n) is 12.3. The number of ketones is 2. The average molecular weight is 1420 g/mol. The zero-order chi connectivity index (χ0) is 54.9. The number of aryl methyl sites for hydroxylation is 5. The van der Waals surface area contributed by atoms with Gasteiger partial charge in [0.05, 0.1) is 11.5 Å². The van der Waals surface area contributed by atoms with E-state index in [1.165, 1.54) is 120 Å². The van der Waals surface area contributed by atoms with E-state index in [1.807, 2.05) is 35.1 Å². The van der Waals surface area contributed by atoms with Crippen molar-refractivity contribution in [3.63, 3.8) is 0 Å². The largest absolute Gasteiger partial charge is 0.512 e. The maximum absolute atomic E-state index is 10.0. The van der Waals surface area contributed by atoms with Crippen LogP contribution in [-0.2, 0) is 60.6 Å². The Labute approximate surface area is 492 Å². The molecule has 10 heteroatoms. The molecule has 5 aromatic carbocycles. The van der Waals surface area contributed by atoms with Crippen molar-refractivity contribution in [1.82, 2.24) is 9.97 Å². The number of nitrogens with zero attached hydrogens (tertiary/aromatic N) is 2.